The maximum Gasteiger partial charge on any atom is 0.125 e. The van der Waals surface area contributed by atoms with Crippen LogP contribution in [-0.2, 0) is 13.1 Å². The monoisotopic (exact) mass is 228 g/mol. The fraction of sp³-hybridized carbons (Fsp3) is 0.308. The molecule has 0 amide bonds. The lowest BCUT2D eigenvalue weighted by Crippen LogP contribution is -2.15. The number of nitrogens with zero attached hydrogens (tertiary/aromatic N) is 3. The van der Waals surface area contributed by atoms with Gasteiger partial charge in [0.1, 0.15) is 5.82 Å². The summed E-state index contributed by atoms with van der Waals surface area (Å²) < 4.78 is 0. The molecule has 0 aromatic carbocycles. The number of aromatic nitrogens is 3. The second kappa shape index (κ2) is 5.50. The van der Waals surface area contributed by atoms with Crippen LogP contribution < -0.4 is 5.32 Å². The lowest BCUT2D eigenvalue weighted by atomic mass is 10.1. The van der Waals surface area contributed by atoms with Crippen molar-refractivity contribution in [2.75, 3.05) is 0 Å². The maximum absolute atomic E-state index is 4.34. The number of nitrogens with one attached hydrogen (secondary N) is 1. The lowest BCUT2D eigenvalue weighted by molar-refractivity contribution is 0.672. The van der Waals surface area contributed by atoms with E-state index in [2.05, 4.69) is 27.2 Å². The molecule has 88 valence electrons. The van der Waals surface area contributed by atoms with Crippen LogP contribution in [-0.4, -0.2) is 15.0 Å². The van der Waals surface area contributed by atoms with Crippen molar-refractivity contribution in [1.29, 1.82) is 0 Å². The first kappa shape index (κ1) is 11.7. The molecule has 1 N–H and O–H groups in total. The van der Waals surface area contributed by atoms with E-state index in [0.29, 0.717) is 0 Å². The molecule has 0 saturated heterocycles. The van der Waals surface area contributed by atoms with Gasteiger partial charge in [0.2, 0.25) is 0 Å². The Labute approximate surface area is 101 Å². The van der Waals surface area contributed by atoms with Crippen molar-refractivity contribution in [3.05, 3.63) is 53.4 Å². The largest absolute Gasteiger partial charge is 0.307 e. The molecule has 17 heavy (non-hydrogen) atoms. The zero-order valence-corrected chi connectivity index (χ0v) is 10.1. The van der Waals surface area contributed by atoms with Gasteiger partial charge in [-0.05, 0) is 37.1 Å². The highest BCUT2D eigenvalue weighted by molar-refractivity contribution is 5.21. The lowest BCUT2D eigenvalue weighted by Gasteiger charge is -2.07. The predicted octanol–water partition coefficient (Wildman–Crippen LogP) is 1.78. The molecule has 0 spiro atoms. The molecule has 2 aromatic heterocycles. The fourth-order valence-corrected chi connectivity index (χ4v) is 1.63. The summed E-state index contributed by atoms with van der Waals surface area (Å²) in [7, 11) is 0. The molecule has 2 aromatic rings. The molecule has 0 bridgehead atoms. The molecule has 2 heterocycles. The zero-order chi connectivity index (χ0) is 12.1. The Morgan fingerprint density at radius 1 is 1.12 bits per heavy atom. The van der Waals surface area contributed by atoms with Crippen molar-refractivity contribution < 1.29 is 0 Å². The number of aryl methyl sites for hydroxylation is 2. The normalized spacial score (nSPS) is 10.5. The second-order valence-electron chi connectivity index (χ2n) is 4.00. The topological polar surface area (TPSA) is 50.7 Å². The molecular formula is C13H16N4. The maximum atomic E-state index is 4.34. The molecular weight excluding hydrogens is 212 g/mol. The van der Waals surface area contributed by atoms with Crippen molar-refractivity contribution in [1.82, 2.24) is 20.3 Å². The SMILES string of the molecule is Cc1nccc(CNCc2ccncc2C)n1. The van der Waals surface area contributed by atoms with Crippen molar-refractivity contribution in [3.8, 4) is 0 Å². The van der Waals surface area contributed by atoms with E-state index in [9.17, 15) is 0 Å². The van der Waals surface area contributed by atoms with Crippen LogP contribution in [0.5, 0.6) is 0 Å². The fourth-order valence-electron chi connectivity index (χ4n) is 1.63. The van der Waals surface area contributed by atoms with Crippen molar-refractivity contribution in [2.24, 2.45) is 0 Å². The van der Waals surface area contributed by atoms with Gasteiger partial charge in [-0.1, -0.05) is 0 Å². The Kier molecular flexibility index (Phi) is 3.77. The highest BCUT2D eigenvalue weighted by Crippen LogP contribution is 2.04. The summed E-state index contributed by atoms with van der Waals surface area (Å²) in [6.45, 7) is 5.55. The van der Waals surface area contributed by atoms with E-state index >= 15 is 0 Å². The van der Waals surface area contributed by atoms with E-state index in [-0.39, 0.29) is 0 Å². The molecule has 0 saturated carbocycles. The molecule has 0 aliphatic rings. The van der Waals surface area contributed by atoms with Crippen molar-refractivity contribution in [2.45, 2.75) is 26.9 Å². The summed E-state index contributed by atoms with van der Waals surface area (Å²) in [5.74, 6) is 0.810. The minimum absolute atomic E-state index is 0.755. The molecule has 2 rings (SSSR count). The molecule has 0 aliphatic heterocycles. The number of hydrogen-bond acceptors (Lipinski definition) is 4. The number of hydrogen-bond donors (Lipinski definition) is 1. The third-order valence-corrected chi connectivity index (χ3v) is 2.59. The molecule has 4 heteroatoms. The molecule has 4 nitrogen and oxygen atoms in total. The third-order valence-electron chi connectivity index (χ3n) is 2.59. The molecule has 0 atom stereocenters. The predicted molar refractivity (Wildman–Crippen MR) is 66.3 cm³/mol. The van der Waals surface area contributed by atoms with Gasteiger partial charge < -0.3 is 5.32 Å². The average molecular weight is 228 g/mol. The quantitative estimate of drug-likeness (QED) is 0.866. The van der Waals surface area contributed by atoms with Crippen LogP contribution in [0.4, 0.5) is 0 Å². The van der Waals surface area contributed by atoms with Crippen molar-refractivity contribution >= 4 is 0 Å². The second-order valence-corrected chi connectivity index (χ2v) is 4.00. The van der Waals surface area contributed by atoms with Crippen LogP contribution in [0.15, 0.2) is 30.7 Å². The molecule has 0 aliphatic carbocycles. The Balaban J connectivity index is 1.90. The van der Waals surface area contributed by atoms with Gasteiger partial charge in [-0.3, -0.25) is 4.98 Å². The first-order chi connectivity index (χ1) is 8.25. The van der Waals surface area contributed by atoms with Crippen LogP contribution in [0, 0.1) is 13.8 Å². The van der Waals surface area contributed by atoms with E-state index in [0.717, 1.165) is 24.6 Å². The first-order valence-electron chi connectivity index (χ1n) is 5.64. The summed E-state index contributed by atoms with van der Waals surface area (Å²) >= 11 is 0. The van der Waals surface area contributed by atoms with Gasteiger partial charge in [-0.2, -0.15) is 0 Å². The van der Waals surface area contributed by atoms with Gasteiger partial charge in [0.25, 0.3) is 0 Å². The van der Waals surface area contributed by atoms with Gasteiger partial charge in [0.05, 0.1) is 5.69 Å². The summed E-state index contributed by atoms with van der Waals surface area (Å²) in [6, 6.07) is 3.97. The van der Waals surface area contributed by atoms with Crippen LogP contribution in [0.2, 0.25) is 0 Å². The zero-order valence-electron chi connectivity index (χ0n) is 10.1. The van der Waals surface area contributed by atoms with E-state index in [1.165, 1.54) is 11.1 Å². The van der Waals surface area contributed by atoms with Gasteiger partial charge in [-0.25, -0.2) is 9.97 Å². The van der Waals surface area contributed by atoms with E-state index < -0.39 is 0 Å². The first-order valence-corrected chi connectivity index (χ1v) is 5.64. The minimum atomic E-state index is 0.755. The Bertz CT molecular complexity index is 496. The minimum Gasteiger partial charge on any atom is -0.307 e. The molecule has 0 radical (unpaired) electrons. The highest BCUT2D eigenvalue weighted by atomic mass is 14.9. The molecule has 0 unspecified atom stereocenters. The smallest absolute Gasteiger partial charge is 0.125 e. The third kappa shape index (κ3) is 3.32. The highest BCUT2D eigenvalue weighted by Gasteiger charge is 1.98. The molecule has 0 fully saturated rings. The Hall–Kier alpha value is -1.81. The van der Waals surface area contributed by atoms with E-state index in [1.807, 2.05) is 31.5 Å². The Morgan fingerprint density at radius 3 is 2.76 bits per heavy atom. The Morgan fingerprint density at radius 2 is 2.00 bits per heavy atom. The van der Waals surface area contributed by atoms with Gasteiger partial charge in [0.15, 0.2) is 0 Å². The standard InChI is InChI=1S/C13H16N4/c1-10-7-14-5-3-12(10)8-15-9-13-4-6-16-11(2)17-13/h3-7,15H,8-9H2,1-2H3. The van der Waals surface area contributed by atoms with E-state index in [1.54, 1.807) is 6.20 Å². The van der Waals surface area contributed by atoms with Crippen LogP contribution >= 0.6 is 0 Å². The summed E-state index contributed by atoms with van der Waals surface area (Å²) in [5.41, 5.74) is 3.49. The summed E-state index contributed by atoms with van der Waals surface area (Å²) in [6.07, 6.45) is 5.49. The summed E-state index contributed by atoms with van der Waals surface area (Å²) in [5, 5.41) is 3.37. The van der Waals surface area contributed by atoms with Gasteiger partial charge >= 0.3 is 0 Å². The summed E-state index contributed by atoms with van der Waals surface area (Å²) in [4.78, 5) is 12.5. The number of rotatable bonds is 4. The van der Waals surface area contributed by atoms with Gasteiger partial charge in [-0.15, -0.1) is 0 Å². The van der Waals surface area contributed by atoms with Crippen LogP contribution in [0.25, 0.3) is 0 Å². The van der Waals surface area contributed by atoms with E-state index in [4.69, 9.17) is 0 Å². The average Bonchev–Trinajstić information content (AvgIpc) is 2.32. The van der Waals surface area contributed by atoms with Gasteiger partial charge in [0, 0.05) is 31.7 Å². The number of pyridine rings is 1. The van der Waals surface area contributed by atoms with Crippen molar-refractivity contribution in [3.63, 3.8) is 0 Å². The van der Waals surface area contributed by atoms with Crippen LogP contribution in [0.1, 0.15) is 22.6 Å². The van der Waals surface area contributed by atoms with Crippen LogP contribution in [0.3, 0.4) is 0 Å².